The number of nitrogen functional groups attached to an aromatic ring is 1. The van der Waals surface area contributed by atoms with Gasteiger partial charge in [-0.1, -0.05) is 19.9 Å². The first kappa shape index (κ1) is 14.5. The van der Waals surface area contributed by atoms with Crippen molar-refractivity contribution in [1.29, 1.82) is 0 Å². The zero-order valence-corrected chi connectivity index (χ0v) is 12.3. The molecule has 20 heavy (non-hydrogen) atoms. The monoisotopic (exact) mass is 290 g/mol. The first-order valence-electron chi connectivity index (χ1n) is 6.39. The molecule has 5 nitrogen and oxygen atoms in total. The van der Waals surface area contributed by atoms with Gasteiger partial charge in [-0.05, 0) is 29.5 Å². The number of aromatic nitrogens is 1. The van der Waals surface area contributed by atoms with E-state index in [9.17, 15) is 4.79 Å². The number of nitrogens with two attached hydrogens (primary N) is 1. The van der Waals surface area contributed by atoms with E-state index in [-0.39, 0.29) is 11.9 Å². The van der Waals surface area contributed by atoms with Gasteiger partial charge in [0.15, 0.2) is 5.82 Å². The van der Waals surface area contributed by atoms with Crippen LogP contribution in [0.4, 0.5) is 5.82 Å². The van der Waals surface area contributed by atoms with Gasteiger partial charge in [0.2, 0.25) is 0 Å². The SMILES string of the molecule is CC(C)C(NC(=O)c1cccnc1NN)c1cccs1. The molecule has 2 heterocycles. The number of pyridine rings is 1. The summed E-state index contributed by atoms with van der Waals surface area (Å²) in [5, 5.41) is 5.05. The van der Waals surface area contributed by atoms with Gasteiger partial charge >= 0.3 is 0 Å². The summed E-state index contributed by atoms with van der Waals surface area (Å²) >= 11 is 1.64. The molecule has 0 aromatic carbocycles. The van der Waals surface area contributed by atoms with Crippen molar-refractivity contribution in [2.24, 2.45) is 11.8 Å². The maximum atomic E-state index is 12.4. The van der Waals surface area contributed by atoms with Crippen LogP contribution < -0.4 is 16.6 Å². The van der Waals surface area contributed by atoms with Crippen LogP contribution in [-0.2, 0) is 0 Å². The third kappa shape index (κ3) is 3.15. The fourth-order valence-corrected chi connectivity index (χ4v) is 2.91. The molecule has 2 aromatic heterocycles. The molecule has 106 valence electrons. The predicted octanol–water partition coefficient (Wildman–Crippen LogP) is 2.56. The molecule has 0 aliphatic heterocycles. The van der Waals surface area contributed by atoms with Gasteiger partial charge in [0, 0.05) is 11.1 Å². The van der Waals surface area contributed by atoms with Crippen LogP contribution in [0, 0.1) is 5.92 Å². The maximum absolute atomic E-state index is 12.4. The Morgan fingerprint density at radius 1 is 1.35 bits per heavy atom. The molecule has 2 rings (SSSR count). The second-order valence-electron chi connectivity index (χ2n) is 4.75. The summed E-state index contributed by atoms with van der Waals surface area (Å²) in [6.45, 7) is 4.16. The van der Waals surface area contributed by atoms with Crippen molar-refractivity contribution in [1.82, 2.24) is 10.3 Å². The Morgan fingerprint density at radius 2 is 2.15 bits per heavy atom. The van der Waals surface area contributed by atoms with E-state index in [1.165, 1.54) is 0 Å². The number of amides is 1. The summed E-state index contributed by atoms with van der Waals surface area (Å²) in [7, 11) is 0. The second-order valence-corrected chi connectivity index (χ2v) is 5.73. The standard InChI is InChI=1S/C14H18N4OS/c1-9(2)12(11-6-4-8-20-11)17-14(19)10-5-3-7-16-13(10)18-15/h3-9,12H,15H2,1-2H3,(H,16,18)(H,17,19). The number of anilines is 1. The molecule has 0 saturated carbocycles. The van der Waals surface area contributed by atoms with E-state index in [0.29, 0.717) is 17.3 Å². The average Bonchev–Trinajstić information content (AvgIpc) is 2.97. The number of hydrogen-bond donors (Lipinski definition) is 3. The van der Waals surface area contributed by atoms with E-state index < -0.39 is 0 Å². The van der Waals surface area contributed by atoms with Gasteiger partial charge in [-0.2, -0.15) is 0 Å². The lowest BCUT2D eigenvalue weighted by molar-refractivity contribution is 0.0927. The molecule has 0 aliphatic carbocycles. The highest BCUT2D eigenvalue weighted by Crippen LogP contribution is 2.26. The Kier molecular flexibility index (Phi) is 4.70. The second kappa shape index (κ2) is 6.49. The number of carbonyl (C=O) groups excluding carboxylic acids is 1. The van der Waals surface area contributed by atoms with Crippen LogP contribution in [0.5, 0.6) is 0 Å². The van der Waals surface area contributed by atoms with Gasteiger partial charge in [0.1, 0.15) is 0 Å². The normalized spacial score (nSPS) is 12.2. The summed E-state index contributed by atoms with van der Waals surface area (Å²) < 4.78 is 0. The molecule has 1 amide bonds. The first-order valence-corrected chi connectivity index (χ1v) is 7.27. The smallest absolute Gasteiger partial charge is 0.255 e. The van der Waals surface area contributed by atoms with Gasteiger partial charge in [-0.25, -0.2) is 10.8 Å². The molecule has 4 N–H and O–H groups in total. The maximum Gasteiger partial charge on any atom is 0.255 e. The fourth-order valence-electron chi connectivity index (χ4n) is 1.96. The van der Waals surface area contributed by atoms with E-state index in [0.717, 1.165) is 4.88 Å². The molecule has 0 fully saturated rings. The van der Waals surface area contributed by atoms with Crippen LogP contribution in [0.25, 0.3) is 0 Å². The summed E-state index contributed by atoms with van der Waals surface area (Å²) in [4.78, 5) is 17.6. The number of thiophene rings is 1. The molecule has 0 saturated heterocycles. The lowest BCUT2D eigenvalue weighted by Gasteiger charge is -2.21. The molecule has 0 radical (unpaired) electrons. The summed E-state index contributed by atoms with van der Waals surface area (Å²) in [6, 6.07) is 7.40. The highest BCUT2D eigenvalue weighted by atomic mass is 32.1. The van der Waals surface area contributed by atoms with Crippen molar-refractivity contribution in [3.05, 3.63) is 46.3 Å². The van der Waals surface area contributed by atoms with Gasteiger partial charge in [-0.3, -0.25) is 4.79 Å². The molecule has 0 spiro atoms. The van der Waals surface area contributed by atoms with Crippen LogP contribution in [0.1, 0.15) is 35.1 Å². The third-order valence-electron chi connectivity index (χ3n) is 2.99. The van der Waals surface area contributed by atoms with Crippen molar-refractivity contribution in [2.45, 2.75) is 19.9 Å². The minimum Gasteiger partial charge on any atom is -0.344 e. The Morgan fingerprint density at radius 3 is 2.75 bits per heavy atom. The van der Waals surface area contributed by atoms with Gasteiger partial charge in [0.05, 0.1) is 11.6 Å². The molecule has 1 unspecified atom stereocenters. The summed E-state index contributed by atoms with van der Waals surface area (Å²) in [6.07, 6.45) is 1.59. The number of nitrogens with one attached hydrogen (secondary N) is 2. The third-order valence-corrected chi connectivity index (χ3v) is 3.95. The topological polar surface area (TPSA) is 80.0 Å². The lowest BCUT2D eigenvalue weighted by Crippen LogP contribution is -2.32. The van der Waals surface area contributed by atoms with E-state index in [1.54, 1.807) is 29.7 Å². The largest absolute Gasteiger partial charge is 0.344 e. The number of nitrogens with zero attached hydrogens (tertiary/aromatic N) is 1. The van der Waals surface area contributed by atoms with E-state index in [4.69, 9.17) is 5.84 Å². The lowest BCUT2D eigenvalue weighted by atomic mass is 10.0. The van der Waals surface area contributed by atoms with Crippen molar-refractivity contribution in [3.63, 3.8) is 0 Å². The number of carbonyl (C=O) groups is 1. The van der Waals surface area contributed by atoms with Crippen molar-refractivity contribution in [2.75, 3.05) is 5.43 Å². The number of hydrogen-bond acceptors (Lipinski definition) is 5. The highest BCUT2D eigenvalue weighted by molar-refractivity contribution is 7.10. The van der Waals surface area contributed by atoms with Crippen LogP contribution >= 0.6 is 11.3 Å². The van der Waals surface area contributed by atoms with Crippen LogP contribution in [0.3, 0.4) is 0 Å². The Labute approximate surface area is 122 Å². The van der Waals surface area contributed by atoms with Gasteiger partial charge in [0.25, 0.3) is 5.91 Å². The van der Waals surface area contributed by atoms with E-state index in [2.05, 4.69) is 29.6 Å². The Hall–Kier alpha value is -1.92. The number of rotatable bonds is 5. The number of hydrazine groups is 1. The van der Waals surface area contributed by atoms with Crippen molar-refractivity contribution < 1.29 is 4.79 Å². The molecule has 2 aromatic rings. The first-order chi connectivity index (χ1) is 9.63. The zero-order valence-electron chi connectivity index (χ0n) is 11.5. The zero-order chi connectivity index (χ0) is 14.5. The molecule has 0 aliphatic rings. The molecule has 0 bridgehead atoms. The summed E-state index contributed by atoms with van der Waals surface area (Å²) in [5.41, 5.74) is 2.89. The van der Waals surface area contributed by atoms with Crippen LogP contribution in [0.15, 0.2) is 35.8 Å². The highest BCUT2D eigenvalue weighted by Gasteiger charge is 2.21. The van der Waals surface area contributed by atoms with E-state index in [1.807, 2.05) is 17.5 Å². The van der Waals surface area contributed by atoms with Crippen LogP contribution in [0.2, 0.25) is 0 Å². The fraction of sp³-hybridized carbons (Fsp3) is 0.286. The van der Waals surface area contributed by atoms with Crippen molar-refractivity contribution >= 4 is 23.1 Å². The molecular formula is C14H18N4OS. The predicted molar refractivity (Wildman–Crippen MR) is 81.4 cm³/mol. The molecule has 6 heteroatoms. The summed E-state index contributed by atoms with van der Waals surface area (Å²) in [5.74, 6) is 5.87. The van der Waals surface area contributed by atoms with Crippen LogP contribution in [-0.4, -0.2) is 10.9 Å². The van der Waals surface area contributed by atoms with Crippen molar-refractivity contribution in [3.8, 4) is 0 Å². The average molecular weight is 290 g/mol. The van der Waals surface area contributed by atoms with Gasteiger partial charge < -0.3 is 10.7 Å². The molecular weight excluding hydrogens is 272 g/mol. The quantitative estimate of drug-likeness (QED) is 0.584. The van der Waals surface area contributed by atoms with E-state index >= 15 is 0 Å². The Balaban J connectivity index is 2.21. The Bertz CT molecular complexity index is 568. The van der Waals surface area contributed by atoms with Gasteiger partial charge in [-0.15, -0.1) is 11.3 Å². The molecule has 1 atom stereocenters. The minimum absolute atomic E-state index is 0.0201. The minimum atomic E-state index is -0.182.